The molecule has 6 heteroatoms. The number of aromatic nitrogens is 2. The maximum atomic E-state index is 15.4. The van der Waals surface area contributed by atoms with Crippen LogP contribution in [0.2, 0.25) is 5.02 Å². The lowest BCUT2D eigenvalue weighted by Crippen LogP contribution is -2.41. The molecule has 0 aromatic carbocycles. The lowest BCUT2D eigenvalue weighted by molar-refractivity contribution is 0.0707. The largest absolute Gasteiger partial charge is 0.316 e. The highest BCUT2D eigenvalue weighted by Gasteiger charge is 2.41. The van der Waals surface area contributed by atoms with E-state index in [4.69, 9.17) is 11.6 Å². The smallest absolute Gasteiger partial charge is 0.155 e. The first-order valence-electron chi connectivity index (χ1n) is 7.19. The Labute approximate surface area is 125 Å². The van der Waals surface area contributed by atoms with E-state index in [1.807, 2.05) is 14.1 Å². The van der Waals surface area contributed by atoms with Gasteiger partial charge in [0.1, 0.15) is 0 Å². The van der Waals surface area contributed by atoms with Crippen molar-refractivity contribution in [1.82, 2.24) is 20.0 Å². The number of nitrogens with zero attached hydrogens (tertiary/aromatic N) is 3. The van der Waals surface area contributed by atoms with Crippen molar-refractivity contribution >= 4 is 11.6 Å². The molecule has 2 heterocycles. The molecular weight excluding hydrogens is 279 g/mol. The molecule has 0 bridgehead atoms. The van der Waals surface area contributed by atoms with E-state index < -0.39 is 5.67 Å². The van der Waals surface area contributed by atoms with E-state index in [1.165, 1.54) is 0 Å². The van der Waals surface area contributed by atoms with E-state index in [2.05, 4.69) is 15.3 Å². The van der Waals surface area contributed by atoms with E-state index >= 15 is 4.39 Å². The van der Waals surface area contributed by atoms with Crippen LogP contribution in [0.1, 0.15) is 25.5 Å². The van der Waals surface area contributed by atoms with E-state index in [0.29, 0.717) is 23.8 Å². The quantitative estimate of drug-likeness (QED) is 0.906. The molecule has 0 spiro atoms. The van der Waals surface area contributed by atoms with Crippen LogP contribution in [0.4, 0.5) is 4.39 Å². The number of rotatable bonds is 5. The van der Waals surface area contributed by atoms with Gasteiger partial charge in [0.2, 0.25) is 0 Å². The van der Waals surface area contributed by atoms with Crippen molar-refractivity contribution in [3.8, 4) is 0 Å². The second-order valence-corrected chi connectivity index (χ2v) is 6.39. The minimum absolute atomic E-state index is 0.0523. The first-order chi connectivity index (χ1) is 9.43. The summed E-state index contributed by atoms with van der Waals surface area (Å²) in [5.41, 5.74) is -0.928. The summed E-state index contributed by atoms with van der Waals surface area (Å²) >= 11 is 6.21. The van der Waals surface area contributed by atoms with Crippen LogP contribution in [0.5, 0.6) is 0 Å². The molecule has 0 radical (unpaired) electrons. The molecule has 2 unspecified atom stereocenters. The van der Waals surface area contributed by atoms with Crippen LogP contribution in [-0.2, 0) is 12.2 Å². The zero-order valence-electron chi connectivity index (χ0n) is 12.5. The second-order valence-electron chi connectivity index (χ2n) is 5.99. The van der Waals surface area contributed by atoms with Crippen LogP contribution >= 0.6 is 11.6 Å². The van der Waals surface area contributed by atoms with Crippen LogP contribution < -0.4 is 5.32 Å². The van der Waals surface area contributed by atoms with Crippen molar-refractivity contribution in [2.24, 2.45) is 5.92 Å². The zero-order valence-corrected chi connectivity index (χ0v) is 13.3. The van der Waals surface area contributed by atoms with Gasteiger partial charge in [-0.1, -0.05) is 11.6 Å². The van der Waals surface area contributed by atoms with Gasteiger partial charge in [0, 0.05) is 19.0 Å². The Bertz CT molecular complexity index is 438. The summed E-state index contributed by atoms with van der Waals surface area (Å²) in [5.74, 6) is -0.0523. The van der Waals surface area contributed by atoms with Crippen LogP contribution in [0.3, 0.4) is 0 Å². The van der Waals surface area contributed by atoms with Gasteiger partial charge in [0.25, 0.3) is 0 Å². The molecule has 1 saturated heterocycles. The molecule has 1 aliphatic heterocycles. The lowest BCUT2D eigenvalue weighted by atomic mass is 9.82. The highest BCUT2D eigenvalue weighted by molar-refractivity contribution is 6.31. The van der Waals surface area contributed by atoms with E-state index in [9.17, 15) is 0 Å². The molecule has 1 aromatic rings. The normalized spacial score (nSPS) is 23.0. The third kappa shape index (κ3) is 3.32. The Balaban J connectivity index is 2.22. The second kappa shape index (κ2) is 6.41. The number of hydrogen-bond acceptors (Lipinski definition) is 3. The standard InChI is InChI=1S/C14H24ClFN4/c1-14(16,11-5-4-6-17-9-11)13-12(15)10-18-20(13)8-7-19(2)3/h10-11,17H,4-9H2,1-3H3. The minimum Gasteiger partial charge on any atom is -0.316 e. The molecule has 4 nitrogen and oxygen atoms in total. The van der Waals surface area contributed by atoms with E-state index in [0.717, 1.165) is 25.9 Å². The van der Waals surface area contributed by atoms with Crippen molar-refractivity contribution in [2.45, 2.75) is 32.0 Å². The van der Waals surface area contributed by atoms with Crippen molar-refractivity contribution in [1.29, 1.82) is 0 Å². The molecule has 0 amide bonds. The van der Waals surface area contributed by atoms with Gasteiger partial charge < -0.3 is 10.2 Å². The fraction of sp³-hybridized carbons (Fsp3) is 0.786. The minimum atomic E-state index is -1.45. The molecule has 0 aliphatic carbocycles. The Hall–Kier alpha value is -0.650. The van der Waals surface area contributed by atoms with Crippen molar-refractivity contribution in [3.05, 3.63) is 16.9 Å². The lowest BCUT2D eigenvalue weighted by Gasteiger charge is -2.34. The van der Waals surface area contributed by atoms with E-state index in [1.54, 1.807) is 17.8 Å². The molecule has 1 N–H and O–H groups in total. The van der Waals surface area contributed by atoms with E-state index in [-0.39, 0.29) is 5.92 Å². The van der Waals surface area contributed by atoms with Gasteiger partial charge in [0.15, 0.2) is 5.67 Å². The third-order valence-corrected chi connectivity index (χ3v) is 4.36. The summed E-state index contributed by atoms with van der Waals surface area (Å²) < 4.78 is 17.1. The van der Waals surface area contributed by atoms with Crippen molar-refractivity contribution in [2.75, 3.05) is 33.7 Å². The van der Waals surface area contributed by atoms with Crippen LogP contribution in [0.15, 0.2) is 6.20 Å². The predicted octanol–water partition coefficient (Wildman–Crippen LogP) is 2.28. The number of piperidine rings is 1. The topological polar surface area (TPSA) is 33.1 Å². The van der Waals surface area contributed by atoms with Crippen LogP contribution in [-0.4, -0.2) is 48.4 Å². The molecule has 2 rings (SSSR count). The van der Waals surface area contributed by atoms with Gasteiger partial charge in [-0.05, 0) is 40.4 Å². The summed E-state index contributed by atoms with van der Waals surface area (Å²) in [6.45, 7) is 4.76. The molecule has 1 aromatic heterocycles. The number of nitrogens with one attached hydrogen (secondary N) is 1. The fourth-order valence-electron chi connectivity index (χ4n) is 2.82. The van der Waals surface area contributed by atoms with Gasteiger partial charge in [0.05, 0.1) is 23.5 Å². The van der Waals surface area contributed by atoms with Crippen molar-refractivity contribution < 1.29 is 4.39 Å². The van der Waals surface area contributed by atoms with Crippen LogP contribution in [0, 0.1) is 5.92 Å². The molecule has 1 aliphatic rings. The highest BCUT2D eigenvalue weighted by Crippen LogP contribution is 2.40. The molecule has 0 saturated carbocycles. The summed E-state index contributed by atoms with van der Waals surface area (Å²) in [5, 5.41) is 7.95. The Morgan fingerprint density at radius 1 is 1.60 bits per heavy atom. The number of likely N-dealkylation sites (N-methyl/N-ethyl adjacent to an activating group) is 1. The maximum Gasteiger partial charge on any atom is 0.155 e. The summed E-state index contributed by atoms with van der Waals surface area (Å²) in [6, 6.07) is 0. The SMILES string of the molecule is CN(C)CCn1ncc(Cl)c1C(C)(F)C1CCCNC1. The maximum absolute atomic E-state index is 15.4. The summed E-state index contributed by atoms with van der Waals surface area (Å²) in [6.07, 6.45) is 3.45. The first kappa shape index (κ1) is 15.7. The number of hydrogen-bond donors (Lipinski definition) is 1. The first-order valence-corrected chi connectivity index (χ1v) is 7.57. The zero-order chi connectivity index (χ0) is 14.8. The van der Waals surface area contributed by atoms with Crippen molar-refractivity contribution in [3.63, 3.8) is 0 Å². The Kier molecular flexibility index (Phi) is 5.04. The van der Waals surface area contributed by atoms with Gasteiger partial charge >= 0.3 is 0 Å². The summed E-state index contributed by atoms with van der Waals surface area (Å²) in [4.78, 5) is 2.05. The molecule has 2 atom stereocenters. The van der Waals surface area contributed by atoms with Gasteiger partial charge in [-0.25, -0.2) is 4.39 Å². The third-order valence-electron chi connectivity index (χ3n) is 4.08. The number of alkyl halides is 1. The molecule has 114 valence electrons. The summed E-state index contributed by atoms with van der Waals surface area (Å²) in [7, 11) is 3.98. The van der Waals surface area contributed by atoms with Gasteiger partial charge in [-0.2, -0.15) is 5.10 Å². The predicted molar refractivity (Wildman–Crippen MR) is 79.8 cm³/mol. The Morgan fingerprint density at radius 3 is 2.95 bits per heavy atom. The number of halogens is 2. The Morgan fingerprint density at radius 2 is 2.35 bits per heavy atom. The molecular formula is C14H24ClFN4. The van der Waals surface area contributed by atoms with Gasteiger partial charge in [-0.15, -0.1) is 0 Å². The average molecular weight is 303 g/mol. The molecule has 20 heavy (non-hydrogen) atoms. The highest BCUT2D eigenvalue weighted by atomic mass is 35.5. The van der Waals surface area contributed by atoms with Gasteiger partial charge in [-0.3, -0.25) is 4.68 Å². The average Bonchev–Trinajstić information content (AvgIpc) is 2.79. The molecule has 1 fully saturated rings. The fourth-order valence-corrected chi connectivity index (χ4v) is 3.15. The van der Waals surface area contributed by atoms with Crippen LogP contribution in [0.25, 0.3) is 0 Å². The monoisotopic (exact) mass is 302 g/mol.